The molecule has 3 aromatic carbocycles. The van der Waals surface area contributed by atoms with Crippen LogP contribution in [-0.2, 0) is 14.8 Å². The molecule has 0 fully saturated rings. The molecule has 4 rings (SSSR count). The lowest BCUT2D eigenvalue weighted by Gasteiger charge is -2.38. The first-order chi connectivity index (χ1) is 14.6. The number of hydrogen-bond donors (Lipinski definition) is 1. The summed E-state index contributed by atoms with van der Waals surface area (Å²) in [5.41, 5.74) is -0.144. The van der Waals surface area contributed by atoms with Gasteiger partial charge in [-0.05, 0) is 53.4 Å². The van der Waals surface area contributed by atoms with E-state index in [0.29, 0.717) is 33.3 Å². The van der Waals surface area contributed by atoms with E-state index in [-0.39, 0.29) is 4.90 Å². The van der Waals surface area contributed by atoms with Gasteiger partial charge in [-0.2, -0.15) is 0 Å². The number of carbonyl (C=O) groups excluding carboxylic acids is 1. The number of carbonyl (C=O) groups is 1. The Kier molecular flexibility index (Phi) is 5.47. The minimum Gasteiger partial charge on any atom is -0.496 e. The molecule has 1 aliphatic rings. The number of nitrogens with one attached hydrogen (secondary N) is 1. The predicted molar refractivity (Wildman–Crippen MR) is 122 cm³/mol. The topological polar surface area (TPSA) is 81.7 Å². The molecule has 31 heavy (non-hydrogen) atoms. The van der Waals surface area contributed by atoms with E-state index in [4.69, 9.17) is 9.47 Å². The molecule has 0 unspecified atom stereocenters. The average molecular weight is 504 g/mol. The molecule has 8 heteroatoms. The SMILES string of the molecule is COc1ccc(Br)c2c1[C@@H](C(=O)NS(=O)(=O)c1cccc3ccccc13)CC(C)(C)O2. The third-order valence-corrected chi connectivity index (χ3v) is 7.37. The first-order valence-corrected chi connectivity index (χ1v) is 12.0. The molecule has 0 aliphatic carbocycles. The first kappa shape index (κ1) is 21.6. The minimum absolute atomic E-state index is 0.0618. The molecule has 162 valence electrons. The fraction of sp³-hybridized carbons (Fsp3) is 0.261. The normalized spacial score (nSPS) is 17.5. The molecule has 1 heterocycles. The van der Waals surface area contributed by atoms with E-state index in [9.17, 15) is 13.2 Å². The van der Waals surface area contributed by atoms with Crippen molar-refractivity contribution in [1.82, 2.24) is 4.72 Å². The molecular weight excluding hydrogens is 482 g/mol. The Morgan fingerprint density at radius 1 is 1.13 bits per heavy atom. The van der Waals surface area contributed by atoms with Crippen LogP contribution in [0.25, 0.3) is 10.8 Å². The van der Waals surface area contributed by atoms with E-state index in [1.165, 1.54) is 13.2 Å². The molecule has 6 nitrogen and oxygen atoms in total. The van der Waals surface area contributed by atoms with Gasteiger partial charge in [-0.1, -0.05) is 36.4 Å². The predicted octanol–water partition coefficient (Wildman–Crippen LogP) is 4.76. The van der Waals surface area contributed by atoms with Crippen LogP contribution in [0, 0.1) is 0 Å². The Balaban J connectivity index is 1.76. The number of halogens is 1. The maximum Gasteiger partial charge on any atom is 0.264 e. The van der Waals surface area contributed by atoms with Crippen molar-refractivity contribution in [3.63, 3.8) is 0 Å². The lowest BCUT2D eigenvalue weighted by atomic mass is 9.83. The summed E-state index contributed by atoms with van der Waals surface area (Å²) in [4.78, 5) is 13.4. The van der Waals surface area contributed by atoms with Gasteiger partial charge in [0.25, 0.3) is 10.0 Å². The quantitative estimate of drug-likeness (QED) is 0.554. The Morgan fingerprint density at radius 2 is 1.84 bits per heavy atom. The zero-order valence-electron chi connectivity index (χ0n) is 17.3. The summed E-state index contributed by atoms with van der Waals surface area (Å²) in [6, 6.07) is 15.6. The van der Waals surface area contributed by atoms with E-state index in [2.05, 4.69) is 20.7 Å². The van der Waals surface area contributed by atoms with Crippen LogP contribution in [-0.4, -0.2) is 27.0 Å². The number of sulfonamides is 1. The molecule has 1 atom stereocenters. The zero-order valence-corrected chi connectivity index (χ0v) is 19.7. The fourth-order valence-corrected chi connectivity index (χ4v) is 5.67. The van der Waals surface area contributed by atoms with Crippen molar-refractivity contribution in [3.8, 4) is 11.5 Å². The number of methoxy groups -OCH3 is 1. The largest absolute Gasteiger partial charge is 0.496 e. The van der Waals surface area contributed by atoms with Crippen molar-refractivity contribution in [2.45, 2.75) is 36.7 Å². The highest BCUT2D eigenvalue weighted by molar-refractivity contribution is 9.10. The smallest absolute Gasteiger partial charge is 0.264 e. The van der Waals surface area contributed by atoms with Gasteiger partial charge in [-0.15, -0.1) is 0 Å². The van der Waals surface area contributed by atoms with Crippen molar-refractivity contribution < 1.29 is 22.7 Å². The molecular formula is C23H22BrNO5S. The van der Waals surface area contributed by atoms with Gasteiger partial charge in [0.15, 0.2) is 0 Å². The van der Waals surface area contributed by atoms with Crippen molar-refractivity contribution in [2.24, 2.45) is 0 Å². The van der Waals surface area contributed by atoms with E-state index in [1.54, 1.807) is 30.3 Å². The van der Waals surface area contributed by atoms with Crippen molar-refractivity contribution in [3.05, 3.63) is 64.6 Å². The van der Waals surface area contributed by atoms with E-state index < -0.39 is 27.4 Å². The number of rotatable bonds is 4. The van der Waals surface area contributed by atoms with Crippen LogP contribution in [0.4, 0.5) is 0 Å². The van der Waals surface area contributed by atoms with Crippen LogP contribution in [0.3, 0.4) is 0 Å². The average Bonchev–Trinajstić information content (AvgIpc) is 2.72. The summed E-state index contributed by atoms with van der Waals surface area (Å²) in [6.45, 7) is 3.72. The molecule has 1 aliphatic heterocycles. The summed E-state index contributed by atoms with van der Waals surface area (Å²) < 4.78 is 40.9. The van der Waals surface area contributed by atoms with Crippen LogP contribution in [0.15, 0.2) is 64.0 Å². The maximum atomic E-state index is 13.3. The van der Waals surface area contributed by atoms with Crippen LogP contribution in [0.5, 0.6) is 11.5 Å². The molecule has 0 saturated heterocycles. The molecule has 0 radical (unpaired) electrons. The number of ether oxygens (including phenoxy) is 2. The molecule has 0 saturated carbocycles. The summed E-state index contributed by atoms with van der Waals surface area (Å²) in [5, 5.41) is 1.33. The highest BCUT2D eigenvalue weighted by atomic mass is 79.9. The molecule has 0 aromatic heterocycles. The summed E-state index contributed by atoms with van der Waals surface area (Å²) in [7, 11) is -2.59. The second-order valence-electron chi connectivity index (χ2n) is 8.06. The van der Waals surface area contributed by atoms with Gasteiger partial charge >= 0.3 is 0 Å². The zero-order chi connectivity index (χ0) is 22.4. The van der Waals surface area contributed by atoms with Gasteiger partial charge in [0.2, 0.25) is 5.91 Å². The molecule has 1 amide bonds. The number of hydrogen-bond acceptors (Lipinski definition) is 5. The van der Waals surface area contributed by atoms with E-state index in [1.807, 2.05) is 32.0 Å². The van der Waals surface area contributed by atoms with Crippen LogP contribution < -0.4 is 14.2 Å². The van der Waals surface area contributed by atoms with Crippen LogP contribution in [0.1, 0.15) is 31.7 Å². The third kappa shape index (κ3) is 4.02. The molecule has 3 aromatic rings. The van der Waals surface area contributed by atoms with Gasteiger partial charge < -0.3 is 9.47 Å². The minimum atomic E-state index is -4.10. The summed E-state index contributed by atoms with van der Waals surface area (Å²) in [5.74, 6) is -0.437. The maximum absolute atomic E-state index is 13.3. The summed E-state index contributed by atoms with van der Waals surface area (Å²) >= 11 is 3.47. The van der Waals surface area contributed by atoms with Crippen molar-refractivity contribution in [1.29, 1.82) is 0 Å². The first-order valence-electron chi connectivity index (χ1n) is 9.73. The Morgan fingerprint density at radius 3 is 2.58 bits per heavy atom. The van der Waals surface area contributed by atoms with Gasteiger partial charge in [-0.25, -0.2) is 13.1 Å². The van der Waals surface area contributed by atoms with E-state index >= 15 is 0 Å². The van der Waals surface area contributed by atoms with Crippen LogP contribution in [0.2, 0.25) is 0 Å². The second kappa shape index (κ2) is 7.84. The standard InChI is InChI=1S/C23H22BrNO5S/c1-23(2)13-16(20-18(29-3)12-11-17(24)21(20)30-23)22(26)25-31(27,28)19-10-6-8-14-7-4-5-9-15(14)19/h4-12,16H,13H2,1-3H3,(H,25,26)/t16-/m0/s1. The van der Waals surface area contributed by atoms with Gasteiger partial charge in [0.1, 0.15) is 17.1 Å². The molecule has 0 bridgehead atoms. The Hall–Kier alpha value is -2.58. The van der Waals surface area contributed by atoms with Crippen molar-refractivity contribution >= 4 is 42.6 Å². The Bertz CT molecular complexity index is 1280. The highest BCUT2D eigenvalue weighted by Crippen LogP contribution is 2.49. The fourth-order valence-electron chi connectivity index (χ4n) is 3.99. The van der Waals surface area contributed by atoms with Gasteiger partial charge in [-0.3, -0.25) is 4.79 Å². The Labute approximate surface area is 189 Å². The highest BCUT2D eigenvalue weighted by Gasteiger charge is 2.41. The molecule has 1 N–H and O–H groups in total. The van der Waals surface area contributed by atoms with Crippen LogP contribution >= 0.6 is 15.9 Å². The third-order valence-electron chi connectivity index (χ3n) is 5.34. The lowest BCUT2D eigenvalue weighted by molar-refractivity contribution is -0.122. The number of amides is 1. The molecule has 0 spiro atoms. The second-order valence-corrected chi connectivity index (χ2v) is 10.6. The number of benzene rings is 3. The van der Waals surface area contributed by atoms with E-state index in [0.717, 1.165) is 5.39 Å². The van der Waals surface area contributed by atoms with Gasteiger partial charge in [0.05, 0.1) is 22.4 Å². The van der Waals surface area contributed by atoms with Crippen molar-refractivity contribution in [2.75, 3.05) is 7.11 Å². The van der Waals surface area contributed by atoms with Gasteiger partial charge in [0, 0.05) is 17.4 Å². The lowest BCUT2D eigenvalue weighted by Crippen LogP contribution is -2.42. The number of fused-ring (bicyclic) bond motifs is 2. The summed E-state index contributed by atoms with van der Waals surface area (Å²) in [6.07, 6.45) is 0.295. The monoisotopic (exact) mass is 503 g/mol.